The molecular weight excluding hydrogens is 357 g/mol. The van der Waals surface area contributed by atoms with Gasteiger partial charge in [0.25, 0.3) is 0 Å². The van der Waals surface area contributed by atoms with Gasteiger partial charge in [0.2, 0.25) is 5.91 Å². The molecule has 1 amide bonds. The number of hydrogen-bond acceptors (Lipinski definition) is 4. The highest BCUT2D eigenvalue weighted by Crippen LogP contribution is 2.27. The van der Waals surface area contributed by atoms with Gasteiger partial charge in [0.1, 0.15) is 11.9 Å². The van der Waals surface area contributed by atoms with E-state index >= 15 is 0 Å². The first-order valence-corrected chi connectivity index (χ1v) is 9.28. The third kappa shape index (κ3) is 4.72. The van der Waals surface area contributed by atoms with Gasteiger partial charge in [-0.1, -0.05) is 0 Å². The van der Waals surface area contributed by atoms with Crippen molar-refractivity contribution in [3.63, 3.8) is 0 Å². The Hall–Kier alpha value is -2.27. The monoisotopic (exact) mass is 380 g/mol. The summed E-state index contributed by atoms with van der Waals surface area (Å²) in [4.78, 5) is 13.9. The summed E-state index contributed by atoms with van der Waals surface area (Å²) < 4.78 is 39.8. The van der Waals surface area contributed by atoms with Crippen molar-refractivity contribution in [1.82, 2.24) is 10.2 Å². The summed E-state index contributed by atoms with van der Waals surface area (Å²) >= 11 is 0. The van der Waals surface area contributed by atoms with Gasteiger partial charge in [-0.2, -0.15) is 5.26 Å². The van der Waals surface area contributed by atoms with Crippen molar-refractivity contribution in [3.05, 3.63) is 29.6 Å². The molecule has 2 fully saturated rings. The summed E-state index contributed by atoms with van der Waals surface area (Å²) in [5, 5.41) is 15.2. The second kappa shape index (κ2) is 8.61. The molecule has 0 bridgehead atoms. The van der Waals surface area contributed by atoms with Gasteiger partial charge in [-0.25, -0.2) is 13.2 Å². The molecule has 1 aliphatic heterocycles. The van der Waals surface area contributed by atoms with E-state index in [9.17, 15) is 18.0 Å². The summed E-state index contributed by atoms with van der Waals surface area (Å²) in [5.74, 6) is -2.90. The summed E-state index contributed by atoms with van der Waals surface area (Å²) in [6, 6.07) is 3.39. The van der Waals surface area contributed by atoms with Crippen molar-refractivity contribution in [2.75, 3.05) is 25.0 Å². The zero-order chi connectivity index (χ0) is 19.4. The van der Waals surface area contributed by atoms with E-state index in [2.05, 4.69) is 16.7 Å². The van der Waals surface area contributed by atoms with Crippen LogP contribution in [0.3, 0.4) is 0 Å². The quantitative estimate of drug-likeness (QED) is 0.745. The first kappa shape index (κ1) is 19.5. The molecule has 3 rings (SSSR count). The second-order valence-corrected chi connectivity index (χ2v) is 7.26. The van der Waals surface area contributed by atoms with Gasteiger partial charge in [0.05, 0.1) is 18.3 Å². The molecule has 1 saturated heterocycles. The van der Waals surface area contributed by atoms with Crippen LogP contribution in [-0.2, 0) is 4.79 Å². The van der Waals surface area contributed by atoms with Crippen molar-refractivity contribution in [3.8, 4) is 6.07 Å². The van der Waals surface area contributed by atoms with Gasteiger partial charge in [0.15, 0.2) is 11.6 Å². The number of carbonyl (C=O) groups is 1. The van der Waals surface area contributed by atoms with Crippen LogP contribution in [0.25, 0.3) is 0 Å². The Morgan fingerprint density at radius 3 is 2.74 bits per heavy atom. The number of hydrogen-bond donors (Lipinski definition) is 2. The number of carbonyl (C=O) groups excluding carboxylic acids is 1. The molecule has 3 atom stereocenters. The fourth-order valence-corrected chi connectivity index (χ4v) is 3.89. The van der Waals surface area contributed by atoms with Gasteiger partial charge in [-0.05, 0) is 38.0 Å². The molecule has 1 aliphatic carbocycles. The average Bonchev–Trinajstić information content (AvgIpc) is 3.30. The summed E-state index contributed by atoms with van der Waals surface area (Å²) in [5.41, 5.74) is -0.0444. The van der Waals surface area contributed by atoms with Gasteiger partial charge in [-0.3, -0.25) is 4.79 Å². The van der Waals surface area contributed by atoms with E-state index in [0.29, 0.717) is 19.2 Å². The highest BCUT2D eigenvalue weighted by molar-refractivity contribution is 5.79. The van der Waals surface area contributed by atoms with Crippen LogP contribution >= 0.6 is 0 Å². The molecule has 1 aromatic carbocycles. The number of nitrogens with one attached hydrogen (secondary N) is 2. The van der Waals surface area contributed by atoms with E-state index in [1.54, 1.807) is 4.90 Å². The zero-order valence-corrected chi connectivity index (χ0v) is 15.0. The van der Waals surface area contributed by atoms with E-state index in [1.165, 1.54) is 0 Å². The molecule has 2 N–H and O–H groups in total. The maximum Gasteiger partial charge on any atom is 0.237 e. The predicted molar refractivity (Wildman–Crippen MR) is 94.3 cm³/mol. The molecule has 8 heteroatoms. The molecule has 1 saturated carbocycles. The Kier molecular flexibility index (Phi) is 6.22. The Morgan fingerprint density at radius 1 is 1.19 bits per heavy atom. The fourth-order valence-electron chi connectivity index (χ4n) is 3.89. The van der Waals surface area contributed by atoms with E-state index in [1.807, 2.05) is 0 Å². The van der Waals surface area contributed by atoms with Crippen LogP contribution in [0.15, 0.2) is 12.1 Å². The zero-order valence-electron chi connectivity index (χ0n) is 15.0. The van der Waals surface area contributed by atoms with Crippen LogP contribution in [-0.4, -0.2) is 42.5 Å². The van der Waals surface area contributed by atoms with Crippen LogP contribution in [0, 0.1) is 34.7 Å². The Morgan fingerprint density at radius 2 is 1.96 bits per heavy atom. The van der Waals surface area contributed by atoms with Gasteiger partial charge in [-0.15, -0.1) is 0 Å². The Balaban J connectivity index is 1.42. The molecule has 2 aliphatic rings. The number of halogens is 3. The predicted octanol–water partition coefficient (Wildman–Crippen LogP) is 2.79. The first-order chi connectivity index (χ1) is 13.0. The third-order valence-corrected chi connectivity index (χ3v) is 5.40. The number of nitriles is 1. The molecule has 5 nitrogen and oxygen atoms in total. The number of benzene rings is 1. The molecule has 27 heavy (non-hydrogen) atoms. The molecule has 0 radical (unpaired) electrons. The van der Waals surface area contributed by atoms with Crippen molar-refractivity contribution in [2.24, 2.45) is 5.92 Å². The first-order valence-electron chi connectivity index (χ1n) is 9.28. The lowest BCUT2D eigenvalue weighted by Crippen LogP contribution is -2.43. The SMILES string of the molecule is N#CC1CCCN1C(=O)CNC1CCC(CNc2cc(F)c(F)cc2F)C1. The van der Waals surface area contributed by atoms with Crippen LogP contribution in [0.4, 0.5) is 18.9 Å². The lowest BCUT2D eigenvalue weighted by atomic mass is 10.1. The fraction of sp³-hybridized carbons (Fsp3) is 0.579. The maximum absolute atomic E-state index is 13.7. The van der Waals surface area contributed by atoms with Crippen LogP contribution in [0.5, 0.6) is 0 Å². The minimum Gasteiger partial charge on any atom is -0.382 e. The average molecular weight is 380 g/mol. The van der Waals surface area contributed by atoms with Crippen molar-refractivity contribution in [1.29, 1.82) is 5.26 Å². The second-order valence-electron chi connectivity index (χ2n) is 7.26. The minimum atomic E-state index is -1.20. The van der Waals surface area contributed by atoms with Gasteiger partial charge in [0, 0.05) is 31.3 Å². The van der Waals surface area contributed by atoms with Gasteiger partial charge >= 0.3 is 0 Å². The topological polar surface area (TPSA) is 68.2 Å². The highest BCUT2D eigenvalue weighted by Gasteiger charge is 2.30. The lowest BCUT2D eigenvalue weighted by molar-refractivity contribution is -0.130. The number of amides is 1. The molecule has 1 heterocycles. The smallest absolute Gasteiger partial charge is 0.237 e. The van der Waals surface area contributed by atoms with Crippen LogP contribution in [0.1, 0.15) is 32.1 Å². The van der Waals surface area contributed by atoms with E-state index in [4.69, 9.17) is 5.26 Å². The maximum atomic E-state index is 13.7. The molecule has 3 unspecified atom stereocenters. The minimum absolute atomic E-state index is 0.0444. The largest absolute Gasteiger partial charge is 0.382 e. The standard InChI is InChI=1S/C19H23F3N4O/c20-15-7-17(22)18(8-16(15)21)25-10-12-3-4-13(6-12)24-11-19(27)26-5-1-2-14(26)9-23/h7-8,12-14,24-25H,1-6,10-11H2. The molecule has 0 aromatic heterocycles. The van der Waals surface area contributed by atoms with Crippen molar-refractivity contribution in [2.45, 2.75) is 44.2 Å². The third-order valence-electron chi connectivity index (χ3n) is 5.40. The Labute approximate surface area is 156 Å². The van der Waals surface area contributed by atoms with Gasteiger partial charge < -0.3 is 15.5 Å². The van der Waals surface area contributed by atoms with Crippen molar-refractivity contribution >= 4 is 11.6 Å². The molecular formula is C19H23F3N4O. The number of nitrogens with zero attached hydrogens (tertiary/aromatic N) is 2. The molecule has 0 spiro atoms. The van der Waals surface area contributed by atoms with E-state index in [0.717, 1.165) is 38.2 Å². The summed E-state index contributed by atoms with van der Waals surface area (Å²) in [7, 11) is 0. The van der Waals surface area contributed by atoms with E-state index < -0.39 is 17.5 Å². The summed E-state index contributed by atoms with van der Waals surface area (Å²) in [6.45, 7) is 1.30. The molecule has 1 aromatic rings. The number of anilines is 1. The summed E-state index contributed by atoms with van der Waals surface area (Å²) in [6.07, 6.45) is 4.20. The molecule has 146 valence electrons. The number of rotatable bonds is 6. The van der Waals surface area contributed by atoms with Crippen LogP contribution in [0.2, 0.25) is 0 Å². The van der Waals surface area contributed by atoms with E-state index in [-0.39, 0.29) is 36.1 Å². The lowest BCUT2D eigenvalue weighted by Gasteiger charge is -2.21. The van der Waals surface area contributed by atoms with Crippen LogP contribution < -0.4 is 10.6 Å². The normalized spacial score (nSPS) is 24.8. The van der Waals surface area contributed by atoms with Crippen molar-refractivity contribution < 1.29 is 18.0 Å². The highest BCUT2D eigenvalue weighted by atomic mass is 19.2. The Bertz CT molecular complexity index is 736. The number of likely N-dealkylation sites (tertiary alicyclic amines) is 1.